The van der Waals surface area contributed by atoms with Gasteiger partial charge in [0.2, 0.25) is 0 Å². The number of para-hydroxylation sites is 1. The quantitative estimate of drug-likeness (QED) is 0.234. The highest BCUT2D eigenvalue weighted by Crippen LogP contribution is 2.61. The van der Waals surface area contributed by atoms with Gasteiger partial charge in [-0.2, -0.15) is 0 Å². The van der Waals surface area contributed by atoms with Gasteiger partial charge in [0.05, 0.1) is 5.54 Å². The Morgan fingerprint density at radius 1 is 0.667 bits per heavy atom. The van der Waals surface area contributed by atoms with Crippen molar-refractivity contribution < 1.29 is 0 Å². The van der Waals surface area contributed by atoms with Gasteiger partial charge in [0, 0.05) is 16.8 Å². The van der Waals surface area contributed by atoms with E-state index >= 15 is 0 Å². The first-order chi connectivity index (χ1) is 17.5. The van der Waals surface area contributed by atoms with Gasteiger partial charge in [0.25, 0.3) is 0 Å². The molecule has 1 saturated carbocycles. The molecule has 2 aliphatic rings. The third kappa shape index (κ3) is 2.83. The molecule has 1 heteroatoms. The molecular weight excluding hydrogens is 434 g/mol. The highest BCUT2D eigenvalue weighted by atomic mass is 15.3. The molecule has 2 unspecified atom stereocenters. The molecule has 0 radical (unpaired) electrons. The van der Waals surface area contributed by atoms with Crippen molar-refractivity contribution in [1.29, 1.82) is 0 Å². The molecule has 1 nitrogen and oxygen atoms in total. The van der Waals surface area contributed by atoms with Crippen molar-refractivity contribution in [2.45, 2.75) is 57.4 Å². The van der Waals surface area contributed by atoms with Crippen LogP contribution in [0.5, 0.6) is 0 Å². The summed E-state index contributed by atoms with van der Waals surface area (Å²) in [4.78, 5) is 2.68. The van der Waals surface area contributed by atoms with E-state index in [0.29, 0.717) is 0 Å². The van der Waals surface area contributed by atoms with Crippen molar-refractivity contribution >= 4 is 32.9 Å². The summed E-state index contributed by atoms with van der Waals surface area (Å²) in [5.74, 6) is 0. The zero-order valence-electron chi connectivity index (χ0n) is 21.5. The summed E-state index contributed by atoms with van der Waals surface area (Å²) >= 11 is 0. The summed E-state index contributed by atoms with van der Waals surface area (Å²) in [6.07, 6.45) is 5.05. The molecule has 1 aliphatic carbocycles. The number of benzene rings is 5. The number of hydrogen-bond donors (Lipinski definition) is 0. The Bertz CT molecular complexity index is 1580. The van der Waals surface area contributed by atoms with Crippen LogP contribution in [0.1, 0.15) is 50.7 Å². The van der Waals surface area contributed by atoms with Crippen LogP contribution >= 0.6 is 0 Å². The fraction of sp³-hybridized carbons (Fsp3) is 0.257. The molecule has 7 rings (SSSR count). The van der Waals surface area contributed by atoms with Gasteiger partial charge in [0.15, 0.2) is 0 Å². The average Bonchev–Trinajstić information content (AvgIpc) is 3.10. The molecule has 0 N–H and O–H groups in total. The van der Waals surface area contributed by atoms with Gasteiger partial charge in [0.1, 0.15) is 0 Å². The molecule has 1 heterocycles. The van der Waals surface area contributed by atoms with E-state index in [1.807, 2.05) is 0 Å². The molecule has 5 aromatic rings. The minimum Gasteiger partial charge on any atom is -0.334 e. The Balaban J connectivity index is 1.55. The predicted octanol–water partition coefficient (Wildman–Crippen LogP) is 9.71. The molecular formula is C35H33N. The first-order valence-electron chi connectivity index (χ1n) is 13.4. The van der Waals surface area contributed by atoms with Crippen LogP contribution in [0, 0.1) is 6.92 Å². The zero-order valence-corrected chi connectivity index (χ0v) is 21.5. The molecule has 5 aromatic carbocycles. The molecule has 1 aliphatic heterocycles. The van der Waals surface area contributed by atoms with Crippen molar-refractivity contribution in [1.82, 2.24) is 0 Å². The first kappa shape index (κ1) is 21.7. The molecule has 0 spiro atoms. The minimum absolute atomic E-state index is 0.0703. The van der Waals surface area contributed by atoms with Crippen molar-refractivity contribution in [2.24, 2.45) is 0 Å². The van der Waals surface area contributed by atoms with Gasteiger partial charge in [-0.25, -0.2) is 0 Å². The van der Waals surface area contributed by atoms with Gasteiger partial charge < -0.3 is 4.90 Å². The van der Waals surface area contributed by atoms with E-state index in [1.165, 1.54) is 80.9 Å². The third-order valence-electron chi connectivity index (χ3n) is 9.51. The number of anilines is 2. The Hall–Kier alpha value is -3.58. The summed E-state index contributed by atoms with van der Waals surface area (Å²) in [5, 5.41) is 5.30. The standard InChI is InChI=1S/C35H33N/c1-24-21-32-31(34(2)19-11-12-20-35(34,3)36(32)27-15-5-4-6-16-27)23-30(24)33-28-17-9-7-13-25(28)22-26-14-8-10-18-29(26)33/h4-10,13-18,21-23H,11-12,19-20H2,1-3H3. The lowest BCUT2D eigenvalue weighted by Crippen LogP contribution is -2.54. The number of hydrogen-bond acceptors (Lipinski definition) is 1. The summed E-state index contributed by atoms with van der Waals surface area (Å²) in [6, 6.07) is 36.2. The Labute approximate surface area is 214 Å². The van der Waals surface area contributed by atoms with Crippen LogP contribution in [0.2, 0.25) is 0 Å². The lowest BCUT2D eigenvalue weighted by Gasteiger charge is -2.50. The summed E-state index contributed by atoms with van der Waals surface area (Å²) in [6.45, 7) is 7.36. The van der Waals surface area contributed by atoms with E-state index < -0.39 is 0 Å². The van der Waals surface area contributed by atoms with E-state index in [1.54, 1.807) is 0 Å². The fourth-order valence-electron chi connectivity index (χ4n) is 7.44. The normalized spacial score (nSPS) is 23.1. The van der Waals surface area contributed by atoms with Crippen LogP contribution in [-0.2, 0) is 5.41 Å². The maximum absolute atomic E-state index is 2.68. The van der Waals surface area contributed by atoms with E-state index in [9.17, 15) is 0 Å². The number of rotatable bonds is 2. The lowest BCUT2D eigenvalue weighted by molar-refractivity contribution is 0.195. The molecule has 178 valence electrons. The number of fused-ring (bicyclic) bond motifs is 5. The van der Waals surface area contributed by atoms with Crippen LogP contribution in [-0.4, -0.2) is 5.54 Å². The van der Waals surface area contributed by atoms with Gasteiger partial charge in [-0.15, -0.1) is 0 Å². The van der Waals surface area contributed by atoms with Gasteiger partial charge in [-0.05, 0) is 101 Å². The fourth-order valence-corrected chi connectivity index (χ4v) is 7.44. The second kappa shape index (κ2) is 7.71. The predicted molar refractivity (Wildman–Crippen MR) is 154 cm³/mol. The number of nitrogens with zero attached hydrogens (tertiary/aromatic N) is 1. The smallest absolute Gasteiger partial charge is 0.0517 e. The highest BCUT2D eigenvalue weighted by Gasteiger charge is 2.57. The molecule has 1 fully saturated rings. The Morgan fingerprint density at radius 2 is 1.28 bits per heavy atom. The van der Waals surface area contributed by atoms with E-state index in [4.69, 9.17) is 0 Å². The maximum atomic E-state index is 2.68. The summed E-state index contributed by atoms with van der Waals surface area (Å²) in [5.41, 5.74) is 8.52. The highest BCUT2D eigenvalue weighted by molar-refractivity contribution is 6.13. The monoisotopic (exact) mass is 467 g/mol. The van der Waals surface area contributed by atoms with Crippen molar-refractivity contribution in [3.63, 3.8) is 0 Å². The summed E-state index contributed by atoms with van der Waals surface area (Å²) in [7, 11) is 0. The largest absolute Gasteiger partial charge is 0.334 e. The minimum atomic E-state index is 0.0703. The van der Waals surface area contributed by atoms with Crippen LogP contribution in [0.4, 0.5) is 11.4 Å². The van der Waals surface area contributed by atoms with Gasteiger partial charge in [-0.1, -0.05) is 86.5 Å². The third-order valence-corrected chi connectivity index (χ3v) is 9.51. The van der Waals surface area contributed by atoms with Crippen molar-refractivity contribution in [2.75, 3.05) is 4.90 Å². The SMILES string of the molecule is Cc1cc2c(cc1-c1c3ccccc3cc3ccccc13)C1(C)CCCCC1(C)N2c1ccccc1. The average molecular weight is 468 g/mol. The Morgan fingerprint density at radius 3 is 1.97 bits per heavy atom. The molecule has 36 heavy (non-hydrogen) atoms. The van der Waals surface area contributed by atoms with Crippen LogP contribution in [0.3, 0.4) is 0 Å². The van der Waals surface area contributed by atoms with E-state index in [2.05, 4.69) is 123 Å². The second-order valence-electron chi connectivity index (χ2n) is 11.4. The molecule has 0 aromatic heterocycles. The van der Waals surface area contributed by atoms with Crippen LogP contribution < -0.4 is 4.90 Å². The molecule has 2 atom stereocenters. The first-order valence-corrected chi connectivity index (χ1v) is 13.4. The molecule has 0 saturated heterocycles. The van der Waals surface area contributed by atoms with Gasteiger partial charge >= 0.3 is 0 Å². The topological polar surface area (TPSA) is 3.24 Å². The van der Waals surface area contributed by atoms with Crippen molar-refractivity contribution in [3.05, 3.63) is 108 Å². The van der Waals surface area contributed by atoms with Crippen LogP contribution in [0.25, 0.3) is 32.7 Å². The van der Waals surface area contributed by atoms with E-state index in [-0.39, 0.29) is 11.0 Å². The number of aryl methyl sites for hydroxylation is 1. The van der Waals surface area contributed by atoms with Crippen molar-refractivity contribution in [3.8, 4) is 11.1 Å². The maximum Gasteiger partial charge on any atom is 0.0517 e. The lowest BCUT2D eigenvalue weighted by atomic mass is 9.61. The van der Waals surface area contributed by atoms with Crippen LogP contribution in [0.15, 0.2) is 97.1 Å². The Kier molecular flexibility index (Phi) is 4.64. The second-order valence-corrected chi connectivity index (χ2v) is 11.4. The summed E-state index contributed by atoms with van der Waals surface area (Å²) < 4.78 is 0. The van der Waals surface area contributed by atoms with E-state index in [0.717, 1.165) is 0 Å². The molecule has 0 bridgehead atoms. The molecule has 0 amide bonds. The van der Waals surface area contributed by atoms with Gasteiger partial charge in [-0.3, -0.25) is 0 Å². The zero-order chi connectivity index (χ0) is 24.5.